The normalized spacial score (nSPS) is 17.3. The number of piperazine rings is 1. The Bertz CT molecular complexity index is 883. The van der Waals surface area contributed by atoms with Gasteiger partial charge in [0.2, 0.25) is 5.91 Å². The third-order valence-corrected chi connectivity index (χ3v) is 6.40. The Morgan fingerprint density at radius 2 is 1.53 bits per heavy atom. The van der Waals surface area contributed by atoms with Crippen molar-refractivity contribution in [3.8, 4) is 5.75 Å². The molecule has 0 spiro atoms. The van der Waals surface area contributed by atoms with Crippen LogP contribution in [0.25, 0.3) is 0 Å². The molecule has 5 nitrogen and oxygen atoms in total. The monoisotopic (exact) mass is 406 g/mol. The first-order chi connectivity index (χ1) is 14.6. The van der Waals surface area contributed by atoms with E-state index in [1.807, 2.05) is 29.2 Å². The SMILES string of the molecule is O=C(CC1CCCC1)N1CCN(C(=O)c2cc(Cc3ccccc3)ccc2O)CC1. The number of amides is 2. The van der Waals surface area contributed by atoms with Crippen LogP contribution in [0.1, 0.15) is 53.6 Å². The molecule has 30 heavy (non-hydrogen) atoms. The minimum Gasteiger partial charge on any atom is -0.507 e. The number of phenols is 1. The molecule has 2 aromatic carbocycles. The molecule has 2 aliphatic rings. The van der Waals surface area contributed by atoms with E-state index in [4.69, 9.17) is 0 Å². The van der Waals surface area contributed by atoms with Crippen LogP contribution in [0.4, 0.5) is 0 Å². The molecule has 2 fully saturated rings. The molecule has 0 atom stereocenters. The van der Waals surface area contributed by atoms with Gasteiger partial charge in [0.25, 0.3) is 5.91 Å². The average molecular weight is 407 g/mol. The van der Waals surface area contributed by atoms with Crippen LogP contribution in [0.5, 0.6) is 5.75 Å². The fourth-order valence-electron chi connectivity index (χ4n) is 4.62. The summed E-state index contributed by atoms with van der Waals surface area (Å²) in [5, 5.41) is 10.3. The number of carbonyl (C=O) groups is 2. The van der Waals surface area contributed by atoms with E-state index >= 15 is 0 Å². The molecule has 1 N–H and O–H groups in total. The van der Waals surface area contributed by atoms with Crippen molar-refractivity contribution in [3.63, 3.8) is 0 Å². The first kappa shape index (κ1) is 20.5. The lowest BCUT2D eigenvalue weighted by Crippen LogP contribution is -2.50. The van der Waals surface area contributed by atoms with E-state index in [1.165, 1.54) is 25.7 Å². The van der Waals surface area contributed by atoms with Gasteiger partial charge in [-0.05, 0) is 48.4 Å². The molecule has 0 radical (unpaired) electrons. The third kappa shape index (κ3) is 4.84. The summed E-state index contributed by atoms with van der Waals surface area (Å²) in [6.45, 7) is 2.17. The van der Waals surface area contributed by atoms with Gasteiger partial charge in [0.15, 0.2) is 0 Å². The van der Waals surface area contributed by atoms with E-state index in [0.717, 1.165) is 11.1 Å². The van der Waals surface area contributed by atoms with Crippen LogP contribution in [0.3, 0.4) is 0 Å². The van der Waals surface area contributed by atoms with E-state index in [0.29, 0.717) is 50.5 Å². The molecule has 0 unspecified atom stereocenters. The van der Waals surface area contributed by atoms with E-state index in [-0.39, 0.29) is 17.6 Å². The molecule has 1 saturated heterocycles. The molecule has 158 valence electrons. The van der Waals surface area contributed by atoms with Gasteiger partial charge in [0, 0.05) is 32.6 Å². The Kier molecular flexibility index (Phi) is 6.36. The van der Waals surface area contributed by atoms with Gasteiger partial charge in [-0.2, -0.15) is 0 Å². The van der Waals surface area contributed by atoms with Crippen molar-refractivity contribution in [2.24, 2.45) is 5.92 Å². The summed E-state index contributed by atoms with van der Waals surface area (Å²) in [6.07, 6.45) is 6.19. The Hall–Kier alpha value is -2.82. The lowest BCUT2D eigenvalue weighted by Gasteiger charge is -2.35. The smallest absolute Gasteiger partial charge is 0.257 e. The summed E-state index contributed by atoms with van der Waals surface area (Å²) < 4.78 is 0. The summed E-state index contributed by atoms with van der Waals surface area (Å²) >= 11 is 0. The van der Waals surface area contributed by atoms with Crippen LogP contribution >= 0.6 is 0 Å². The second-order valence-electron chi connectivity index (χ2n) is 8.54. The second kappa shape index (κ2) is 9.33. The van der Waals surface area contributed by atoms with Gasteiger partial charge in [-0.25, -0.2) is 0 Å². The Morgan fingerprint density at radius 3 is 2.23 bits per heavy atom. The quantitative estimate of drug-likeness (QED) is 0.821. The van der Waals surface area contributed by atoms with Crippen LogP contribution in [-0.4, -0.2) is 52.9 Å². The predicted molar refractivity (Wildman–Crippen MR) is 116 cm³/mol. The predicted octanol–water partition coefficient (Wildman–Crippen LogP) is 3.85. The lowest BCUT2D eigenvalue weighted by molar-refractivity contribution is -0.133. The highest BCUT2D eigenvalue weighted by Gasteiger charge is 2.28. The van der Waals surface area contributed by atoms with Crippen LogP contribution in [0, 0.1) is 5.92 Å². The fourth-order valence-corrected chi connectivity index (χ4v) is 4.62. The topological polar surface area (TPSA) is 60.9 Å². The number of hydrogen-bond acceptors (Lipinski definition) is 3. The first-order valence-electron chi connectivity index (χ1n) is 11.0. The van der Waals surface area contributed by atoms with Crippen LogP contribution in [0.2, 0.25) is 0 Å². The maximum Gasteiger partial charge on any atom is 0.257 e. The number of aromatic hydroxyl groups is 1. The van der Waals surface area contributed by atoms with Crippen LogP contribution < -0.4 is 0 Å². The molecule has 4 rings (SSSR count). The Balaban J connectivity index is 1.36. The third-order valence-electron chi connectivity index (χ3n) is 6.40. The van der Waals surface area contributed by atoms with E-state index in [2.05, 4.69) is 12.1 Å². The van der Waals surface area contributed by atoms with E-state index < -0.39 is 0 Å². The van der Waals surface area contributed by atoms with Gasteiger partial charge in [-0.15, -0.1) is 0 Å². The largest absolute Gasteiger partial charge is 0.507 e. The molecule has 1 heterocycles. The Labute approximate surface area is 178 Å². The lowest BCUT2D eigenvalue weighted by atomic mass is 10.0. The molecule has 1 aliphatic heterocycles. The molecular weight excluding hydrogens is 376 g/mol. The summed E-state index contributed by atoms with van der Waals surface area (Å²) in [5.74, 6) is 0.616. The first-order valence-corrected chi connectivity index (χ1v) is 11.0. The van der Waals surface area contributed by atoms with E-state index in [9.17, 15) is 14.7 Å². The number of rotatable bonds is 5. The zero-order valence-corrected chi connectivity index (χ0v) is 17.4. The van der Waals surface area contributed by atoms with Crippen molar-refractivity contribution < 1.29 is 14.7 Å². The second-order valence-corrected chi connectivity index (χ2v) is 8.54. The highest BCUT2D eigenvalue weighted by atomic mass is 16.3. The highest BCUT2D eigenvalue weighted by Crippen LogP contribution is 2.28. The molecule has 5 heteroatoms. The highest BCUT2D eigenvalue weighted by molar-refractivity contribution is 5.97. The number of phenolic OH excluding ortho intramolecular Hbond substituents is 1. The van der Waals surface area contributed by atoms with Gasteiger partial charge < -0.3 is 14.9 Å². The van der Waals surface area contributed by atoms with Crippen molar-refractivity contribution >= 4 is 11.8 Å². The van der Waals surface area contributed by atoms with E-state index in [1.54, 1.807) is 17.0 Å². The number of carbonyl (C=O) groups excluding carboxylic acids is 2. The van der Waals surface area contributed by atoms with Gasteiger partial charge >= 0.3 is 0 Å². The molecule has 0 bridgehead atoms. The fraction of sp³-hybridized carbons (Fsp3) is 0.440. The summed E-state index contributed by atoms with van der Waals surface area (Å²) in [7, 11) is 0. The number of benzene rings is 2. The molecule has 2 aromatic rings. The van der Waals surface area contributed by atoms with Gasteiger partial charge in [-0.3, -0.25) is 9.59 Å². The van der Waals surface area contributed by atoms with Crippen molar-refractivity contribution in [2.75, 3.05) is 26.2 Å². The van der Waals surface area contributed by atoms with Gasteiger partial charge in [0.1, 0.15) is 5.75 Å². The summed E-state index contributed by atoms with van der Waals surface area (Å²) in [5.41, 5.74) is 2.50. The number of nitrogens with zero attached hydrogens (tertiary/aromatic N) is 2. The van der Waals surface area contributed by atoms with Gasteiger partial charge in [0.05, 0.1) is 5.56 Å². The van der Waals surface area contributed by atoms with Crippen LogP contribution in [-0.2, 0) is 11.2 Å². The maximum atomic E-state index is 13.0. The molecule has 1 saturated carbocycles. The Morgan fingerprint density at radius 1 is 0.867 bits per heavy atom. The zero-order valence-electron chi connectivity index (χ0n) is 17.4. The van der Waals surface area contributed by atoms with Gasteiger partial charge in [-0.1, -0.05) is 49.2 Å². The molecule has 2 amide bonds. The molecule has 1 aliphatic carbocycles. The van der Waals surface area contributed by atoms with Crippen molar-refractivity contribution in [2.45, 2.75) is 38.5 Å². The molecular formula is C25H30N2O3. The van der Waals surface area contributed by atoms with Crippen molar-refractivity contribution in [3.05, 3.63) is 65.2 Å². The summed E-state index contributed by atoms with van der Waals surface area (Å²) in [4.78, 5) is 29.2. The van der Waals surface area contributed by atoms with Crippen molar-refractivity contribution in [1.82, 2.24) is 9.80 Å². The van der Waals surface area contributed by atoms with Crippen LogP contribution in [0.15, 0.2) is 48.5 Å². The zero-order chi connectivity index (χ0) is 20.9. The summed E-state index contributed by atoms with van der Waals surface area (Å²) in [6, 6.07) is 15.3. The number of hydrogen-bond donors (Lipinski definition) is 1. The standard InChI is InChI=1S/C25H30N2O3/c28-23-11-10-21(16-19-6-2-1-3-7-19)17-22(23)25(30)27-14-12-26(13-15-27)24(29)18-20-8-4-5-9-20/h1-3,6-7,10-11,17,20,28H,4-5,8-9,12-16,18H2. The maximum absolute atomic E-state index is 13.0. The minimum atomic E-state index is -0.162. The van der Waals surface area contributed by atoms with Crippen molar-refractivity contribution in [1.29, 1.82) is 0 Å². The minimum absolute atomic E-state index is 0.0107. The average Bonchev–Trinajstić information content (AvgIpc) is 3.28. The molecule has 0 aromatic heterocycles.